The Morgan fingerprint density at radius 2 is 1.44 bits per heavy atom. The second-order valence-corrected chi connectivity index (χ2v) is 27.6. The fourth-order valence-electron chi connectivity index (χ4n) is 10.1. The third-order valence-electron chi connectivity index (χ3n) is 15.2. The van der Waals surface area contributed by atoms with Crippen molar-refractivity contribution in [2.45, 2.75) is 109 Å². The van der Waals surface area contributed by atoms with Gasteiger partial charge >= 0.3 is 18.0 Å². The van der Waals surface area contributed by atoms with Crippen LogP contribution in [0, 0.1) is 18.8 Å². The van der Waals surface area contributed by atoms with Crippen molar-refractivity contribution in [2.24, 2.45) is 11.8 Å². The van der Waals surface area contributed by atoms with Crippen LogP contribution >= 0.6 is 68.0 Å². The van der Waals surface area contributed by atoms with Crippen molar-refractivity contribution >= 4 is 121 Å². The molecule has 24 nitrogen and oxygen atoms in total. The van der Waals surface area contributed by atoms with Crippen LogP contribution in [0.25, 0.3) is 43.4 Å². The molecule has 7 aromatic heterocycles. The van der Waals surface area contributed by atoms with E-state index in [0.29, 0.717) is 74.6 Å². The first-order valence-electron chi connectivity index (χ1n) is 28.7. The molecule has 6 N–H and O–H groups in total. The predicted molar refractivity (Wildman–Crippen MR) is 341 cm³/mol. The quantitative estimate of drug-likeness (QED) is 0.0490. The number of anilines is 1. The normalized spacial score (nSPS) is 18.4. The molecule has 1 aromatic carbocycles. The summed E-state index contributed by atoms with van der Waals surface area (Å²) < 4.78 is 11.2. The van der Waals surface area contributed by atoms with E-state index in [1.807, 2.05) is 56.5 Å². The van der Waals surface area contributed by atoms with Crippen molar-refractivity contribution < 1.29 is 58.0 Å². The molecule has 0 saturated heterocycles. The largest absolute Gasteiger partial charge is 0.481 e. The van der Waals surface area contributed by atoms with Gasteiger partial charge in [-0.2, -0.15) is 0 Å². The minimum atomic E-state index is -0.982. The lowest BCUT2D eigenvalue weighted by atomic mass is 9.82. The Morgan fingerprint density at radius 1 is 0.733 bits per heavy atom. The third-order valence-corrected chi connectivity index (χ3v) is 21.0. The summed E-state index contributed by atoms with van der Waals surface area (Å²) in [4.78, 5) is 144. The maximum absolute atomic E-state index is 14.4. The average molecular weight is 1340 g/mol. The van der Waals surface area contributed by atoms with E-state index in [1.54, 1.807) is 35.2 Å². The number of aryl methyl sites for hydroxylation is 1. The van der Waals surface area contributed by atoms with Crippen molar-refractivity contribution in [3.8, 4) is 43.4 Å². The number of hydrogen-bond donors (Lipinski definition) is 6. The highest BCUT2D eigenvalue weighted by Crippen LogP contribution is 2.42. The standard InChI is InChI=1S/C60H62N12O12S6/c1-28(2)35-20-41(73)48-30(4)89-57(70-48)37(21-44(74)61-5)64-51(78)39-25-85-53(66-39)34-15-16-36(55-68-43(27-88-55)72(17-11-10-14-46(76)77)60(82)84-33-18-32(19-33)59(80)81)63-49(34)38-24-86-56(65-38)40-26-87-58(67-40)47(29(3)31-12-8-7-9-13-31)69-45(75)22-62-52(79)50-42(23-83-6)90-54(35)71-50/h7-9,12-13,15-16,24-29,32-33,35,37,47H,10-11,14,17-23H2,1-6H3,(H,61,74)(H,62,79)(H,64,78)(H,69,75)(H,76,77)(H,80,81)/t29-,32?,33?,35?,37-,47-/m0/s1. The number of unbranched alkanes of at least 4 members (excludes halogenated alkanes) is 1. The Labute approximate surface area is 540 Å². The maximum Gasteiger partial charge on any atom is 0.415 e. The van der Waals surface area contributed by atoms with Gasteiger partial charge in [-0.05, 0) is 56.2 Å². The summed E-state index contributed by atoms with van der Waals surface area (Å²) in [5.74, 6) is -5.68. The number of nitrogens with one attached hydrogen (secondary N) is 4. The summed E-state index contributed by atoms with van der Waals surface area (Å²) in [6, 6.07) is 11.5. The van der Waals surface area contributed by atoms with Crippen LogP contribution in [0.5, 0.6) is 0 Å². The molecule has 1 fully saturated rings. The van der Waals surface area contributed by atoms with Crippen molar-refractivity contribution in [3.63, 3.8) is 0 Å². The van der Waals surface area contributed by atoms with Crippen molar-refractivity contribution in [1.29, 1.82) is 0 Å². The fourth-order valence-corrected chi connectivity index (χ4v) is 15.8. The molecule has 470 valence electrons. The molecule has 1 aliphatic heterocycles. The number of nitrogens with zero attached hydrogens (tertiary/aromatic N) is 8. The second-order valence-electron chi connectivity index (χ2n) is 21.8. The van der Waals surface area contributed by atoms with Crippen LogP contribution in [0.15, 0.2) is 64.0 Å². The monoisotopic (exact) mass is 1330 g/mol. The second kappa shape index (κ2) is 28.8. The van der Waals surface area contributed by atoms with Crippen LogP contribution in [-0.4, -0.2) is 126 Å². The third kappa shape index (κ3) is 15.0. The Morgan fingerprint density at radius 3 is 2.18 bits per heavy atom. The van der Waals surface area contributed by atoms with Gasteiger partial charge in [-0.25, -0.2) is 39.7 Å². The lowest BCUT2D eigenvalue weighted by molar-refractivity contribution is -0.148. The number of aromatic nitrogens is 7. The maximum atomic E-state index is 14.4. The molecule has 5 amide bonds. The number of hydrogen-bond acceptors (Lipinski definition) is 23. The molecule has 1 unspecified atom stereocenters. The topological polar surface area (TPSA) is 337 Å². The van der Waals surface area contributed by atoms with Crippen LogP contribution in [0.2, 0.25) is 0 Å². The van der Waals surface area contributed by atoms with Crippen molar-refractivity contribution in [1.82, 2.24) is 56.2 Å². The number of thiazole rings is 6. The molecule has 90 heavy (non-hydrogen) atoms. The minimum absolute atomic E-state index is 0.0187. The number of carbonyl (C=O) groups is 8. The highest BCUT2D eigenvalue weighted by atomic mass is 32.1. The molecule has 8 heterocycles. The molecule has 0 spiro atoms. The van der Waals surface area contributed by atoms with Crippen LogP contribution in [0.4, 0.5) is 10.6 Å². The molecule has 10 bridgehead atoms. The predicted octanol–water partition coefficient (Wildman–Crippen LogP) is 10.3. The first kappa shape index (κ1) is 64.8. The van der Waals surface area contributed by atoms with Gasteiger partial charge in [0, 0.05) is 77.3 Å². The molecule has 0 radical (unpaired) electrons. The number of ketones is 1. The lowest BCUT2D eigenvalue weighted by Crippen LogP contribution is -2.42. The summed E-state index contributed by atoms with van der Waals surface area (Å²) in [7, 11) is 2.97. The highest BCUT2D eigenvalue weighted by molar-refractivity contribution is 7.15. The lowest BCUT2D eigenvalue weighted by Gasteiger charge is -2.33. The van der Waals surface area contributed by atoms with E-state index in [1.165, 1.54) is 87.1 Å². The number of ether oxygens (including phenoxy) is 2. The summed E-state index contributed by atoms with van der Waals surface area (Å²) in [6.45, 7) is 7.33. The number of fused-ring (bicyclic) bond motifs is 14. The van der Waals surface area contributed by atoms with Gasteiger partial charge in [0.15, 0.2) is 5.78 Å². The number of rotatable bonds is 16. The summed E-state index contributed by atoms with van der Waals surface area (Å²) in [5.41, 5.74) is 3.30. The Hall–Kier alpha value is -8.13. The number of Topliss-reactive ketones (excluding diaryl/α,β-unsaturated/α-hetero) is 1. The molecule has 10 rings (SSSR count). The van der Waals surface area contributed by atoms with Gasteiger partial charge in [0.2, 0.25) is 11.8 Å². The number of carboxylic acids is 2. The van der Waals surface area contributed by atoms with E-state index in [2.05, 4.69) is 21.3 Å². The Balaban J connectivity index is 1.04. The zero-order valence-electron chi connectivity index (χ0n) is 49.5. The fraction of sp³-hybridized carbons (Fsp3) is 0.383. The number of pyridine rings is 1. The molecule has 2 aliphatic rings. The van der Waals surface area contributed by atoms with E-state index in [9.17, 15) is 48.6 Å². The highest BCUT2D eigenvalue weighted by Gasteiger charge is 2.39. The average Bonchev–Trinajstić information content (AvgIpc) is 1.76. The van der Waals surface area contributed by atoms with Gasteiger partial charge in [0.25, 0.3) is 11.8 Å². The number of carbonyl (C=O) groups excluding carboxylic acids is 6. The van der Waals surface area contributed by atoms with Crippen molar-refractivity contribution in [3.05, 3.63) is 111 Å². The van der Waals surface area contributed by atoms with Gasteiger partial charge in [-0.3, -0.25) is 38.5 Å². The molecule has 30 heteroatoms. The summed E-state index contributed by atoms with van der Waals surface area (Å²) >= 11 is 7.40. The van der Waals surface area contributed by atoms with Crippen LogP contribution in [0.1, 0.15) is 151 Å². The van der Waals surface area contributed by atoms with E-state index >= 15 is 0 Å². The number of methoxy groups -OCH3 is 1. The molecule has 4 atom stereocenters. The van der Waals surface area contributed by atoms with Gasteiger partial charge in [0.05, 0.1) is 53.2 Å². The Bertz CT molecular complexity index is 3980. The smallest absolute Gasteiger partial charge is 0.415 e. The van der Waals surface area contributed by atoms with Gasteiger partial charge in [-0.15, -0.1) is 68.0 Å². The number of aliphatic carboxylic acids is 2. The van der Waals surface area contributed by atoms with Crippen LogP contribution in [-0.2, 0) is 35.3 Å². The number of carboxylic acid groups (broad SMARTS) is 2. The molecule has 1 aliphatic carbocycles. The summed E-state index contributed by atoms with van der Waals surface area (Å²) in [5, 5.41) is 39.8. The van der Waals surface area contributed by atoms with Gasteiger partial charge in [-0.1, -0.05) is 51.1 Å². The first-order valence-corrected chi connectivity index (χ1v) is 33.8. The van der Waals surface area contributed by atoms with E-state index in [4.69, 9.17) is 44.4 Å². The van der Waals surface area contributed by atoms with Gasteiger partial charge < -0.3 is 41.0 Å². The SMILES string of the molecule is CNC(=O)C[C@@H]1NC(=O)c2csc(n2)-c2ccc(-c3nc(N(CCCCC(=O)O)C(=O)OC4CC(C(=O)O)C4)cs3)nc2-c2csc(n2)-c2csc(n2)[C@H]([C@@H](C)c2ccccc2)NC(=O)CNC(=O)c2nc(sc2COC)C(C(C)C)CC(=O)c2nc1sc2C. The Kier molecular flexibility index (Phi) is 20.7. The first-order chi connectivity index (χ1) is 43.2. The molecular formula is C60H62N12O12S6. The summed E-state index contributed by atoms with van der Waals surface area (Å²) in [6.07, 6.45) is -0.821. The molecule has 8 aromatic rings. The van der Waals surface area contributed by atoms with E-state index in [-0.39, 0.29) is 92.2 Å². The number of amides is 5. The zero-order chi connectivity index (χ0) is 63.9. The minimum Gasteiger partial charge on any atom is -0.481 e. The van der Waals surface area contributed by atoms with Crippen LogP contribution in [0.3, 0.4) is 0 Å². The van der Waals surface area contributed by atoms with Crippen molar-refractivity contribution in [2.75, 3.05) is 32.1 Å². The van der Waals surface area contributed by atoms with Crippen LogP contribution < -0.4 is 26.2 Å². The van der Waals surface area contributed by atoms with E-state index in [0.717, 1.165) is 5.56 Å². The number of benzene rings is 1. The van der Waals surface area contributed by atoms with Gasteiger partial charge in [0.1, 0.15) is 71.1 Å². The molecule has 1 saturated carbocycles. The molecular weight excluding hydrogens is 1270 g/mol. The zero-order valence-corrected chi connectivity index (χ0v) is 54.4. The van der Waals surface area contributed by atoms with E-state index < -0.39 is 78.2 Å².